The molecule has 1 N–H and O–H groups in total. The van der Waals surface area contributed by atoms with Gasteiger partial charge in [-0.05, 0) is 78.5 Å². The zero-order valence-corrected chi connectivity index (χ0v) is 17.7. The molecule has 0 aromatic heterocycles. The third-order valence-electron chi connectivity index (χ3n) is 5.93. The van der Waals surface area contributed by atoms with Gasteiger partial charge in [0.2, 0.25) is 0 Å². The van der Waals surface area contributed by atoms with E-state index in [1.54, 1.807) is 6.92 Å². The molecule has 2 aromatic carbocycles. The first-order valence-corrected chi connectivity index (χ1v) is 10.7. The second kappa shape index (κ2) is 9.89. The van der Waals surface area contributed by atoms with Crippen molar-refractivity contribution >= 4 is 5.97 Å². The summed E-state index contributed by atoms with van der Waals surface area (Å²) in [7, 11) is 0. The minimum atomic E-state index is -0.390. The first kappa shape index (κ1) is 21.3. The van der Waals surface area contributed by atoms with Crippen LogP contribution in [-0.4, -0.2) is 17.7 Å². The Kier molecular flexibility index (Phi) is 7.27. The van der Waals surface area contributed by atoms with Crippen molar-refractivity contribution in [2.45, 2.75) is 64.9 Å². The lowest BCUT2D eigenvalue weighted by atomic mass is 9.82. The Balaban J connectivity index is 1.86. The van der Waals surface area contributed by atoms with Crippen molar-refractivity contribution in [3.8, 4) is 11.1 Å². The number of rotatable bonds is 7. The predicted octanol–water partition coefficient (Wildman–Crippen LogP) is 5.86. The van der Waals surface area contributed by atoms with Crippen molar-refractivity contribution in [3.63, 3.8) is 0 Å². The largest absolute Gasteiger partial charge is 0.457 e. The Labute approximate surface area is 174 Å². The highest BCUT2D eigenvalue weighted by Gasteiger charge is 2.17. The summed E-state index contributed by atoms with van der Waals surface area (Å²) in [5.41, 5.74) is 7.36. The number of aliphatic hydroxyl groups is 1. The quantitative estimate of drug-likeness (QED) is 0.474. The van der Waals surface area contributed by atoms with E-state index in [1.807, 2.05) is 6.07 Å². The fraction of sp³-hybridized carbons (Fsp3) is 0.423. The second-order valence-electron chi connectivity index (χ2n) is 8.22. The van der Waals surface area contributed by atoms with Crippen molar-refractivity contribution in [1.82, 2.24) is 0 Å². The van der Waals surface area contributed by atoms with Crippen LogP contribution in [-0.2, 0) is 22.6 Å². The highest BCUT2D eigenvalue weighted by atomic mass is 16.5. The van der Waals surface area contributed by atoms with Crippen LogP contribution in [0.25, 0.3) is 11.1 Å². The maximum Gasteiger partial charge on any atom is 0.333 e. The molecule has 3 rings (SSSR count). The standard InChI is InChI=1S/C26H32O3/c1-18(2)26(28)29-17-24-16-23(10-9-21(24)13-14-27)25-12-11-22(15-19(25)3)20-7-5-4-6-8-20/h9-12,15-16,20,27H,1,4-8,13-14,17H2,2-3H3. The number of esters is 1. The number of ether oxygens (including phenoxy) is 1. The van der Waals surface area contributed by atoms with Gasteiger partial charge in [0.25, 0.3) is 0 Å². The minimum Gasteiger partial charge on any atom is -0.457 e. The fourth-order valence-electron chi connectivity index (χ4n) is 4.26. The van der Waals surface area contributed by atoms with Gasteiger partial charge >= 0.3 is 5.97 Å². The highest BCUT2D eigenvalue weighted by Crippen LogP contribution is 2.35. The molecular formula is C26H32O3. The normalized spacial score (nSPS) is 14.6. The van der Waals surface area contributed by atoms with Gasteiger partial charge < -0.3 is 9.84 Å². The summed E-state index contributed by atoms with van der Waals surface area (Å²) in [5, 5.41) is 9.37. The van der Waals surface area contributed by atoms with Gasteiger partial charge in [-0.2, -0.15) is 0 Å². The molecule has 0 amide bonds. The average Bonchev–Trinajstić information content (AvgIpc) is 2.73. The molecule has 154 valence electrons. The topological polar surface area (TPSA) is 46.5 Å². The van der Waals surface area contributed by atoms with Gasteiger partial charge in [-0.1, -0.05) is 56.2 Å². The van der Waals surface area contributed by atoms with Crippen LogP contribution in [0.5, 0.6) is 0 Å². The Morgan fingerprint density at radius 1 is 1.10 bits per heavy atom. The fourth-order valence-corrected chi connectivity index (χ4v) is 4.26. The minimum absolute atomic E-state index is 0.0654. The van der Waals surface area contributed by atoms with Gasteiger partial charge in [-0.3, -0.25) is 0 Å². The van der Waals surface area contributed by atoms with E-state index in [0.29, 0.717) is 17.9 Å². The maximum atomic E-state index is 11.8. The molecule has 3 heteroatoms. The van der Waals surface area contributed by atoms with E-state index >= 15 is 0 Å². The van der Waals surface area contributed by atoms with Crippen LogP contribution >= 0.6 is 0 Å². The summed E-state index contributed by atoms with van der Waals surface area (Å²) >= 11 is 0. The van der Waals surface area contributed by atoms with E-state index < -0.39 is 5.97 Å². The average molecular weight is 393 g/mol. The lowest BCUT2D eigenvalue weighted by Crippen LogP contribution is -2.07. The zero-order valence-electron chi connectivity index (χ0n) is 17.7. The van der Waals surface area contributed by atoms with Crippen molar-refractivity contribution in [2.75, 3.05) is 6.61 Å². The molecule has 0 atom stereocenters. The van der Waals surface area contributed by atoms with E-state index in [9.17, 15) is 9.90 Å². The third-order valence-corrected chi connectivity index (χ3v) is 5.93. The molecule has 2 aromatic rings. The molecule has 0 spiro atoms. The number of aliphatic hydroxyl groups excluding tert-OH is 1. The summed E-state index contributed by atoms with van der Waals surface area (Å²) in [6.45, 7) is 7.70. The highest BCUT2D eigenvalue weighted by molar-refractivity contribution is 5.86. The van der Waals surface area contributed by atoms with Gasteiger partial charge in [0, 0.05) is 12.2 Å². The van der Waals surface area contributed by atoms with Gasteiger partial charge in [0.05, 0.1) is 0 Å². The van der Waals surface area contributed by atoms with E-state index in [-0.39, 0.29) is 13.2 Å². The van der Waals surface area contributed by atoms with Crippen LogP contribution in [0.4, 0.5) is 0 Å². The van der Waals surface area contributed by atoms with Gasteiger partial charge in [-0.15, -0.1) is 0 Å². The lowest BCUT2D eigenvalue weighted by molar-refractivity contribution is -0.140. The van der Waals surface area contributed by atoms with Gasteiger partial charge in [-0.25, -0.2) is 4.79 Å². The monoisotopic (exact) mass is 392 g/mol. The number of carbonyl (C=O) groups is 1. The molecular weight excluding hydrogens is 360 g/mol. The van der Waals surface area contributed by atoms with E-state index in [0.717, 1.165) is 16.7 Å². The molecule has 1 fully saturated rings. The third kappa shape index (κ3) is 5.36. The smallest absolute Gasteiger partial charge is 0.333 e. The van der Waals surface area contributed by atoms with Crippen LogP contribution in [0, 0.1) is 6.92 Å². The Hall–Kier alpha value is -2.39. The Morgan fingerprint density at radius 3 is 2.52 bits per heavy atom. The van der Waals surface area contributed by atoms with Crippen molar-refractivity contribution < 1.29 is 14.6 Å². The molecule has 0 radical (unpaired) electrons. The van der Waals surface area contributed by atoms with Crippen LogP contribution in [0.3, 0.4) is 0 Å². The van der Waals surface area contributed by atoms with Crippen LogP contribution in [0.1, 0.15) is 67.2 Å². The number of benzene rings is 2. The molecule has 1 aliphatic rings. The number of carbonyl (C=O) groups excluding carboxylic acids is 1. The zero-order chi connectivity index (χ0) is 20.8. The summed E-state index contributed by atoms with van der Waals surface area (Å²) in [6, 6.07) is 13.1. The van der Waals surface area contributed by atoms with Crippen LogP contribution in [0.2, 0.25) is 0 Å². The Bertz CT molecular complexity index is 876. The molecule has 0 bridgehead atoms. The molecule has 1 aliphatic carbocycles. The predicted molar refractivity (Wildman–Crippen MR) is 118 cm³/mol. The summed E-state index contributed by atoms with van der Waals surface area (Å²) in [5.74, 6) is 0.305. The molecule has 1 saturated carbocycles. The number of aryl methyl sites for hydroxylation is 1. The lowest BCUT2D eigenvalue weighted by Gasteiger charge is -2.23. The number of hydrogen-bond acceptors (Lipinski definition) is 3. The second-order valence-corrected chi connectivity index (χ2v) is 8.22. The summed E-state index contributed by atoms with van der Waals surface area (Å²) in [4.78, 5) is 11.8. The SMILES string of the molecule is C=C(C)C(=O)OCc1cc(-c2ccc(C3CCCCC3)cc2C)ccc1CCO. The molecule has 29 heavy (non-hydrogen) atoms. The van der Waals surface area contributed by atoms with Gasteiger partial charge in [0.1, 0.15) is 6.61 Å². The van der Waals surface area contributed by atoms with Gasteiger partial charge in [0.15, 0.2) is 0 Å². The number of hydrogen-bond donors (Lipinski definition) is 1. The molecule has 0 aliphatic heterocycles. The van der Waals surface area contributed by atoms with Crippen molar-refractivity contribution in [2.24, 2.45) is 0 Å². The molecule has 3 nitrogen and oxygen atoms in total. The van der Waals surface area contributed by atoms with Crippen molar-refractivity contribution in [1.29, 1.82) is 0 Å². The first-order chi connectivity index (χ1) is 14.0. The van der Waals surface area contributed by atoms with E-state index in [2.05, 4.69) is 43.8 Å². The molecule has 0 unspecified atom stereocenters. The summed E-state index contributed by atoms with van der Waals surface area (Å²) in [6.07, 6.45) is 7.18. The molecule has 0 saturated heterocycles. The maximum absolute atomic E-state index is 11.8. The molecule has 0 heterocycles. The summed E-state index contributed by atoms with van der Waals surface area (Å²) < 4.78 is 5.38. The Morgan fingerprint density at radius 2 is 1.86 bits per heavy atom. The van der Waals surface area contributed by atoms with Crippen LogP contribution in [0.15, 0.2) is 48.6 Å². The van der Waals surface area contributed by atoms with E-state index in [4.69, 9.17) is 4.74 Å². The first-order valence-electron chi connectivity index (χ1n) is 10.7. The van der Waals surface area contributed by atoms with E-state index in [1.165, 1.54) is 48.8 Å². The van der Waals surface area contributed by atoms with Crippen LogP contribution < -0.4 is 0 Å². The van der Waals surface area contributed by atoms with Crippen molar-refractivity contribution in [3.05, 3.63) is 70.8 Å².